The number of hydrogen-bond acceptors (Lipinski definition) is 6. The number of hydrogen-bond donors (Lipinski definition) is 0. The van der Waals surface area contributed by atoms with Gasteiger partial charge in [-0.25, -0.2) is 9.97 Å². The lowest BCUT2D eigenvalue weighted by Gasteiger charge is -2.19. The summed E-state index contributed by atoms with van der Waals surface area (Å²) in [5.41, 5.74) is 4.19. The lowest BCUT2D eigenvalue weighted by Crippen LogP contribution is -2.31. The van der Waals surface area contributed by atoms with Crippen molar-refractivity contribution >= 4 is 55.2 Å². The summed E-state index contributed by atoms with van der Waals surface area (Å²) in [6, 6.07) is 16.8. The van der Waals surface area contributed by atoms with E-state index in [2.05, 4.69) is 15.0 Å². The number of carbonyl (C=O) groups excluding carboxylic acids is 1. The van der Waals surface area contributed by atoms with E-state index in [1.807, 2.05) is 61.5 Å². The SMILES string of the molecule is Cc1cc(Cl)cc2sc(N(Cc3ccccn3)C(=O)c3cnc4ccccc4n3)nc12. The van der Waals surface area contributed by atoms with E-state index < -0.39 is 0 Å². The zero-order valence-corrected chi connectivity index (χ0v) is 18.1. The first-order chi connectivity index (χ1) is 15.1. The summed E-state index contributed by atoms with van der Waals surface area (Å²) in [5, 5.41) is 1.20. The highest BCUT2D eigenvalue weighted by atomic mass is 35.5. The van der Waals surface area contributed by atoms with Gasteiger partial charge in [0.05, 0.1) is 39.7 Å². The third-order valence-electron chi connectivity index (χ3n) is 4.83. The molecule has 3 aromatic heterocycles. The van der Waals surface area contributed by atoms with Crippen LogP contribution in [0.5, 0.6) is 0 Å². The molecule has 0 unspecified atom stereocenters. The highest BCUT2D eigenvalue weighted by Crippen LogP contribution is 2.34. The van der Waals surface area contributed by atoms with Gasteiger partial charge in [0.15, 0.2) is 5.13 Å². The van der Waals surface area contributed by atoms with Gasteiger partial charge in [-0.15, -0.1) is 0 Å². The van der Waals surface area contributed by atoms with Crippen LogP contribution in [0.1, 0.15) is 21.7 Å². The molecule has 0 aliphatic carbocycles. The van der Waals surface area contributed by atoms with Crippen LogP contribution < -0.4 is 4.90 Å². The van der Waals surface area contributed by atoms with Crippen LogP contribution in [-0.2, 0) is 6.54 Å². The van der Waals surface area contributed by atoms with Crippen LogP contribution in [0.3, 0.4) is 0 Å². The topological polar surface area (TPSA) is 71.9 Å². The van der Waals surface area contributed by atoms with Crippen molar-refractivity contribution in [3.63, 3.8) is 0 Å². The predicted octanol–water partition coefficient (Wildman–Crippen LogP) is 5.44. The molecule has 0 aliphatic heterocycles. The van der Waals surface area contributed by atoms with Crippen molar-refractivity contribution < 1.29 is 4.79 Å². The second-order valence-corrected chi connectivity index (χ2v) is 8.47. The number of rotatable bonds is 4. The fraction of sp³-hybridized carbons (Fsp3) is 0.0870. The molecule has 3 heterocycles. The Kier molecular flexibility index (Phi) is 5.05. The van der Waals surface area contributed by atoms with Crippen molar-refractivity contribution in [3.05, 3.63) is 89.0 Å². The van der Waals surface area contributed by atoms with Crippen molar-refractivity contribution in [2.24, 2.45) is 0 Å². The minimum atomic E-state index is -0.285. The number of benzene rings is 2. The Balaban J connectivity index is 1.61. The zero-order valence-electron chi connectivity index (χ0n) is 16.5. The molecule has 0 atom stereocenters. The number of thiazole rings is 1. The summed E-state index contributed by atoms with van der Waals surface area (Å²) in [6.07, 6.45) is 3.21. The summed E-state index contributed by atoms with van der Waals surface area (Å²) in [4.78, 5) is 33.2. The molecule has 8 heteroatoms. The molecule has 5 rings (SSSR count). The number of amides is 1. The fourth-order valence-electron chi connectivity index (χ4n) is 3.34. The monoisotopic (exact) mass is 445 g/mol. The van der Waals surface area contributed by atoms with Gasteiger partial charge in [0.2, 0.25) is 0 Å². The van der Waals surface area contributed by atoms with E-state index >= 15 is 0 Å². The second-order valence-electron chi connectivity index (χ2n) is 7.02. The van der Waals surface area contributed by atoms with E-state index in [4.69, 9.17) is 16.6 Å². The van der Waals surface area contributed by atoms with E-state index in [1.165, 1.54) is 17.5 Å². The summed E-state index contributed by atoms with van der Waals surface area (Å²) in [6.45, 7) is 2.22. The van der Waals surface area contributed by atoms with Crippen molar-refractivity contribution in [3.8, 4) is 0 Å². The van der Waals surface area contributed by atoms with Gasteiger partial charge in [-0.1, -0.05) is 41.1 Å². The van der Waals surface area contributed by atoms with E-state index in [1.54, 1.807) is 11.1 Å². The van der Waals surface area contributed by atoms with Crippen LogP contribution in [0, 0.1) is 6.92 Å². The van der Waals surface area contributed by atoms with Gasteiger partial charge in [0.1, 0.15) is 5.69 Å². The molecule has 0 saturated heterocycles. The standard InChI is InChI=1S/C23H16ClN5OS/c1-14-10-15(24)11-20-21(14)28-23(31-20)29(13-16-6-4-5-9-25-16)22(30)19-12-26-17-7-2-3-8-18(17)27-19/h2-12H,13H2,1H3. The zero-order chi connectivity index (χ0) is 21.4. The normalized spacial score (nSPS) is 11.2. The van der Waals surface area contributed by atoms with E-state index in [0.29, 0.717) is 15.7 Å². The number of pyridine rings is 1. The van der Waals surface area contributed by atoms with Crippen LogP contribution in [0.15, 0.2) is 67.0 Å². The van der Waals surface area contributed by atoms with Gasteiger partial charge >= 0.3 is 0 Å². The van der Waals surface area contributed by atoms with Crippen molar-refractivity contribution in [1.29, 1.82) is 0 Å². The number of halogens is 1. The van der Waals surface area contributed by atoms with E-state index in [-0.39, 0.29) is 18.1 Å². The minimum Gasteiger partial charge on any atom is -0.276 e. The maximum Gasteiger partial charge on any atom is 0.280 e. The first kappa shape index (κ1) is 19.5. The molecule has 31 heavy (non-hydrogen) atoms. The van der Waals surface area contributed by atoms with Crippen LogP contribution >= 0.6 is 22.9 Å². The smallest absolute Gasteiger partial charge is 0.276 e. The fourth-order valence-corrected chi connectivity index (χ4v) is 4.75. The number of fused-ring (bicyclic) bond motifs is 2. The Morgan fingerprint density at radius 3 is 2.65 bits per heavy atom. The largest absolute Gasteiger partial charge is 0.280 e. The maximum atomic E-state index is 13.6. The highest BCUT2D eigenvalue weighted by molar-refractivity contribution is 7.22. The third kappa shape index (κ3) is 3.85. The summed E-state index contributed by atoms with van der Waals surface area (Å²) in [7, 11) is 0. The molecule has 1 amide bonds. The van der Waals surface area contributed by atoms with Gasteiger partial charge in [-0.2, -0.15) is 0 Å². The summed E-state index contributed by atoms with van der Waals surface area (Å²) < 4.78 is 0.920. The molecule has 5 aromatic rings. The second kappa shape index (κ2) is 8.02. The molecule has 0 aliphatic rings. The highest BCUT2D eigenvalue weighted by Gasteiger charge is 2.24. The Morgan fingerprint density at radius 1 is 1.03 bits per heavy atom. The van der Waals surface area contributed by atoms with Crippen LogP contribution in [0.4, 0.5) is 5.13 Å². The lowest BCUT2D eigenvalue weighted by molar-refractivity contribution is 0.0980. The van der Waals surface area contributed by atoms with Gasteiger partial charge in [-0.05, 0) is 48.9 Å². The molecule has 2 aromatic carbocycles. The third-order valence-corrected chi connectivity index (χ3v) is 6.07. The van der Waals surface area contributed by atoms with E-state index in [9.17, 15) is 4.79 Å². The molecule has 0 spiro atoms. The van der Waals surface area contributed by atoms with Crippen molar-refractivity contribution in [2.45, 2.75) is 13.5 Å². The summed E-state index contributed by atoms with van der Waals surface area (Å²) >= 11 is 7.64. The van der Waals surface area contributed by atoms with Crippen LogP contribution in [0.2, 0.25) is 5.02 Å². The van der Waals surface area contributed by atoms with Crippen LogP contribution in [0.25, 0.3) is 21.3 Å². The molecule has 0 bridgehead atoms. The number of para-hydroxylation sites is 2. The number of nitrogens with zero attached hydrogens (tertiary/aromatic N) is 5. The number of aromatic nitrogens is 4. The Labute approximate surface area is 187 Å². The predicted molar refractivity (Wildman–Crippen MR) is 124 cm³/mol. The molecule has 0 N–H and O–H groups in total. The van der Waals surface area contributed by atoms with Gasteiger partial charge in [0.25, 0.3) is 5.91 Å². The van der Waals surface area contributed by atoms with Gasteiger partial charge in [-0.3, -0.25) is 19.7 Å². The molecule has 6 nitrogen and oxygen atoms in total. The van der Waals surface area contributed by atoms with Gasteiger partial charge in [0, 0.05) is 11.2 Å². The number of anilines is 1. The van der Waals surface area contributed by atoms with Crippen LogP contribution in [-0.4, -0.2) is 25.8 Å². The molecular formula is C23H16ClN5OS. The molecular weight excluding hydrogens is 430 g/mol. The number of aryl methyl sites for hydroxylation is 1. The molecule has 152 valence electrons. The Bertz CT molecular complexity index is 1420. The van der Waals surface area contributed by atoms with Gasteiger partial charge < -0.3 is 0 Å². The first-order valence-electron chi connectivity index (χ1n) is 9.59. The average Bonchev–Trinajstić information content (AvgIpc) is 3.21. The number of carbonyl (C=O) groups is 1. The Hall–Kier alpha value is -3.42. The first-order valence-corrected chi connectivity index (χ1v) is 10.8. The molecule has 0 fully saturated rings. The maximum absolute atomic E-state index is 13.6. The van der Waals surface area contributed by atoms with Crippen molar-refractivity contribution in [1.82, 2.24) is 19.9 Å². The summed E-state index contributed by atoms with van der Waals surface area (Å²) in [5.74, 6) is -0.285. The average molecular weight is 446 g/mol. The molecule has 0 radical (unpaired) electrons. The Morgan fingerprint density at radius 2 is 1.84 bits per heavy atom. The quantitative estimate of drug-likeness (QED) is 0.368. The van der Waals surface area contributed by atoms with E-state index in [0.717, 1.165) is 27.0 Å². The minimum absolute atomic E-state index is 0.253. The molecule has 0 saturated carbocycles. The van der Waals surface area contributed by atoms with Crippen molar-refractivity contribution in [2.75, 3.05) is 4.90 Å². The lowest BCUT2D eigenvalue weighted by atomic mass is 10.2.